The molecule has 1 aliphatic heterocycles. The molecule has 25 heavy (non-hydrogen) atoms. The van der Waals surface area contributed by atoms with Gasteiger partial charge in [-0.15, -0.1) is 0 Å². The third-order valence-electron chi connectivity index (χ3n) is 5.10. The van der Waals surface area contributed by atoms with E-state index >= 15 is 0 Å². The molecule has 0 bridgehead atoms. The van der Waals surface area contributed by atoms with Crippen molar-refractivity contribution >= 4 is 0 Å². The molecule has 3 heteroatoms. The highest BCUT2D eigenvalue weighted by Gasteiger charge is 2.22. The van der Waals surface area contributed by atoms with Crippen LogP contribution in [-0.4, -0.2) is 27.0 Å². The minimum Gasteiger partial charge on any atom is -0.335 e. The molecular weight excluding hydrogens is 306 g/mol. The summed E-state index contributed by atoms with van der Waals surface area (Å²) in [5.41, 5.74) is 3.65. The number of hydrogen-bond acceptors (Lipinski definition) is 2. The molecule has 1 aliphatic rings. The van der Waals surface area contributed by atoms with E-state index in [-0.39, 0.29) is 0 Å². The van der Waals surface area contributed by atoms with Gasteiger partial charge in [0.2, 0.25) is 0 Å². The zero-order valence-electron chi connectivity index (χ0n) is 14.6. The first-order valence-electron chi connectivity index (χ1n) is 9.24. The van der Waals surface area contributed by atoms with Gasteiger partial charge in [-0.25, -0.2) is 4.98 Å². The van der Waals surface area contributed by atoms with Crippen LogP contribution in [0.25, 0.3) is 11.3 Å². The van der Waals surface area contributed by atoms with Crippen molar-refractivity contribution in [1.82, 2.24) is 14.5 Å². The smallest absolute Gasteiger partial charge is 0.0954 e. The van der Waals surface area contributed by atoms with Crippen molar-refractivity contribution in [2.45, 2.75) is 38.4 Å². The lowest BCUT2D eigenvalue weighted by atomic mass is 10.0. The molecule has 2 heterocycles. The quantitative estimate of drug-likeness (QED) is 0.681. The molecule has 1 aromatic heterocycles. The van der Waals surface area contributed by atoms with E-state index in [1.165, 1.54) is 36.9 Å². The lowest BCUT2D eigenvalue weighted by Crippen LogP contribution is -2.41. The molecule has 0 spiro atoms. The fraction of sp³-hybridized carbons (Fsp3) is 0.318. The minimum atomic E-state index is 0.590. The summed E-state index contributed by atoms with van der Waals surface area (Å²) in [6.45, 7) is 3.26. The molecule has 1 atom stereocenters. The van der Waals surface area contributed by atoms with Gasteiger partial charge in [0, 0.05) is 30.9 Å². The normalized spacial score (nSPS) is 18.3. The van der Waals surface area contributed by atoms with Crippen molar-refractivity contribution in [3.05, 3.63) is 78.8 Å². The van der Waals surface area contributed by atoms with Crippen LogP contribution < -0.4 is 0 Å². The van der Waals surface area contributed by atoms with E-state index in [0.29, 0.717) is 6.04 Å². The Bertz CT molecular complexity index is 779. The molecular formula is C22H25N3. The zero-order chi connectivity index (χ0) is 16.9. The number of benzene rings is 2. The first kappa shape index (κ1) is 16.1. The Hall–Kier alpha value is -2.39. The van der Waals surface area contributed by atoms with E-state index in [1.54, 1.807) is 0 Å². The molecule has 1 saturated heterocycles. The maximum Gasteiger partial charge on any atom is 0.0954 e. The van der Waals surface area contributed by atoms with Crippen molar-refractivity contribution < 1.29 is 0 Å². The second-order valence-electron chi connectivity index (χ2n) is 6.93. The molecule has 4 rings (SSSR count). The van der Waals surface area contributed by atoms with Crippen LogP contribution in [0.4, 0.5) is 0 Å². The zero-order valence-corrected chi connectivity index (χ0v) is 14.6. The van der Waals surface area contributed by atoms with E-state index < -0.39 is 0 Å². The Morgan fingerprint density at radius 2 is 1.68 bits per heavy atom. The van der Waals surface area contributed by atoms with Gasteiger partial charge >= 0.3 is 0 Å². The van der Waals surface area contributed by atoms with E-state index in [4.69, 9.17) is 0 Å². The predicted octanol–water partition coefficient (Wildman–Crippen LogP) is 4.60. The average molecular weight is 331 g/mol. The summed E-state index contributed by atoms with van der Waals surface area (Å²) >= 11 is 0. The maximum absolute atomic E-state index is 4.61. The van der Waals surface area contributed by atoms with Gasteiger partial charge in [-0.1, -0.05) is 67.1 Å². The van der Waals surface area contributed by atoms with Gasteiger partial charge in [0.05, 0.1) is 12.0 Å². The van der Waals surface area contributed by atoms with Gasteiger partial charge < -0.3 is 4.57 Å². The van der Waals surface area contributed by atoms with Crippen molar-refractivity contribution in [3.8, 4) is 11.3 Å². The molecule has 2 aromatic carbocycles. The van der Waals surface area contributed by atoms with Crippen molar-refractivity contribution in [2.75, 3.05) is 6.54 Å². The Morgan fingerprint density at radius 1 is 0.920 bits per heavy atom. The first-order chi connectivity index (χ1) is 12.4. The molecule has 0 aliphatic carbocycles. The number of nitrogens with zero attached hydrogens (tertiary/aromatic N) is 3. The topological polar surface area (TPSA) is 21.1 Å². The van der Waals surface area contributed by atoms with Crippen LogP contribution in [0.2, 0.25) is 0 Å². The van der Waals surface area contributed by atoms with Crippen molar-refractivity contribution in [2.24, 2.45) is 0 Å². The van der Waals surface area contributed by atoms with Crippen LogP contribution in [0, 0.1) is 0 Å². The SMILES string of the molecule is c1ccc(CN2CCCCC2Cn2cnc(-c3ccccc3)c2)cc1. The van der Waals surface area contributed by atoms with Gasteiger partial charge in [-0.05, 0) is 24.9 Å². The summed E-state index contributed by atoms with van der Waals surface area (Å²) in [6.07, 6.45) is 8.08. The minimum absolute atomic E-state index is 0.590. The van der Waals surface area contributed by atoms with E-state index in [2.05, 4.69) is 75.2 Å². The van der Waals surface area contributed by atoms with Crippen LogP contribution in [-0.2, 0) is 13.1 Å². The van der Waals surface area contributed by atoms with Crippen LogP contribution >= 0.6 is 0 Å². The largest absolute Gasteiger partial charge is 0.335 e. The summed E-state index contributed by atoms with van der Waals surface area (Å²) in [5, 5.41) is 0. The average Bonchev–Trinajstić information content (AvgIpc) is 3.14. The lowest BCUT2D eigenvalue weighted by molar-refractivity contribution is 0.125. The van der Waals surface area contributed by atoms with Crippen LogP contribution in [0.5, 0.6) is 0 Å². The van der Waals surface area contributed by atoms with Gasteiger partial charge in [0.25, 0.3) is 0 Å². The Balaban J connectivity index is 1.46. The van der Waals surface area contributed by atoms with E-state index in [1.807, 2.05) is 12.4 Å². The predicted molar refractivity (Wildman–Crippen MR) is 102 cm³/mol. The molecule has 0 N–H and O–H groups in total. The number of hydrogen-bond donors (Lipinski definition) is 0. The highest BCUT2D eigenvalue weighted by atomic mass is 15.2. The molecule has 1 unspecified atom stereocenters. The summed E-state index contributed by atoms with van der Waals surface area (Å²) in [5.74, 6) is 0. The molecule has 3 nitrogen and oxygen atoms in total. The Labute approximate surface area is 149 Å². The van der Waals surface area contributed by atoms with Crippen LogP contribution in [0.15, 0.2) is 73.2 Å². The van der Waals surface area contributed by atoms with Gasteiger partial charge in [-0.2, -0.15) is 0 Å². The van der Waals surface area contributed by atoms with Gasteiger partial charge in [0.15, 0.2) is 0 Å². The third kappa shape index (κ3) is 3.99. The first-order valence-corrected chi connectivity index (χ1v) is 9.24. The van der Waals surface area contributed by atoms with Crippen molar-refractivity contribution in [1.29, 1.82) is 0 Å². The molecule has 1 fully saturated rings. The number of rotatable bonds is 5. The number of likely N-dealkylation sites (tertiary alicyclic amines) is 1. The Morgan fingerprint density at radius 3 is 2.48 bits per heavy atom. The fourth-order valence-electron chi connectivity index (χ4n) is 3.75. The molecule has 0 amide bonds. The molecule has 0 radical (unpaired) electrons. The van der Waals surface area contributed by atoms with Gasteiger partial charge in [0.1, 0.15) is 0 Å². The summed E-state index contributed by atoms with van der Waals surface area (Å²) in [7, 11) is 0. The molecule has 0 saturated carbocycles. The number of aromatic nitrogens is 2. The fourth-order valence-corrected chi connectivity index (χ4v) is 3.75. The summed E-state index contributed by atoms with van der Waals surface area (Å²) in [6, 6.07) is 21.8. The van der Waals surface area contributed by atoms with E-state index in [9.17, 15) is 0 Å². The Kier molecular flexibility index (Phi) is 4.93. The van der Waals surface area contributed by atoms with Crippen LogP contribution in [0.1, 0.15) is 24.8 Å². The van der Waals surface area contributed by atoms with Crippen molar-refractivity contribution in [3.63, 3.8) is 0 Å². The van der Waals surface area contributed by atoms with Gasteiger partial charge in [-0.3, -0.25) is 4.90 Å². The lowest BCUT2D eigenvalue weighted by Gasteiger charge is -2.36. The molecule has 128 valence electrons. The second kappa shape index (κ2) is 7.66. The highest BCUT2D eigenvalue weighted by Crippen LogP contribution is 2.22. The monoisotopic (exact) mass is 331 g/mol. The second-order valence-corrected chi connectivity index (χ2v) is 6.93. The van der Waals surface area contributed by atoms with Crippen LogP contribution in [0.3, 0.4) is 0 Å². The number of piperidine rings is 1. The standard InChI is InChI=1S/C22H25N3/c1-3-9-19(10-4-1)15-25-14-8-7-13-21(25)16-24-17-22(23-18-24)20-11-5-2-6-12-20/h1-6,9-12,17-18,21H,7-8,13-16H2. The molecule has 3 aromatic rings. The maximum atomic E-state index is 4.61. The summed E-state index contributed by atoms with van der Waals surface area (Å²) in [4.78, 5) is 7.25. The number of imidazole rings is 1. The summed E-state index contributed by atoms with van der Waals surface area (Å²) < 4.78 is 2.26. The van der Waals surface area contributed by atoms with E-state index in [0.717, 1.165) is 18.8 Å². The highest BCUT2D eigenvalue weighted by molar-refractivity contribution is 5.57. The third-order valence-corrected chi connectivity index (χ3v) is 5.10.